The molecule has 0 bridgehead atoms. The average Bonchev–Trinajstić information content (AvgIpc) is 3.25. The van der Waals surface area contributed by atoms with E-state index in [0.717, 1.165) is 30.7 Å². The largest absolute Gasteiger partial charge is 0.449 e. The van der Waals surface area contributed by atoms with Gasteiger partial charge in [0.1, 0.15) is 11.9 Å². The van der Waals surface area contributed by atoms with Crippen LogP contribution in [0.2, 0.25) is 5.02 Å². The van der Waals surface area contributed by atoms with Crippen LogP contribution in [0.4, 0.5) is 4.79 Å². The predicted octanol–water partition coefficient (Wildman–Crippen LogP) is 5.91. The van der Waals surface area contributed by atoms with Crippen LogP contribution in [0.25, 0.3) is 0 Å². The van der Waals surface area contributed by atoms with Crippen LogP contribution in [0.5, 0.6) is 0 Å². The van der Waals surface area contributed by atoms with Crippen LogP contribution in [-0.4, -0.2) is 31.5 Å². The second-order valence-corrected chi connectivity index (χ2v) is 9.28. The van der Waals surface area contributed by atoms with Crippen molar-refractivity contribution in [1.82, 2.24) is 19.9 Å². The van der Waals surface area contributed by atoms with Gasteiger partial charge < -0.3 is 9.15 Å². The fourth-order valence-corrected chi connectivity index (χ4v) is 4.30. The number of rotatable bonds is 4. The Morgan fingerprint density at radius 2 is 1.97 bits per heavy atom. The lowest BCUT2D eigenvalue weighted by atomic mass is 9.91. The minimum atomic E-state index is -0.627. The molecule has 0 unspecified atom stereocenters. The van der Waals surface area contributed by atoms with Crippen LogP contribution in [0.1, 0.15) is 75.1 Å². The van der Waals surface area contributed by atoms with Crippen LogP contribution in [0.15, 0.2) is 53.4 Å². The highest BCUT2D eigenvalue weighted by Crippen LogP contribution is 2.43. The van der Waals surface area contributed by atoms with E-state index in [0.29, 0.717) is 23.0 Å². The van der Waals surface area contributed by atoms with E-state index in [1.807, 2.05) is 39.0 Å². The molecular formula is C24H27ClN4O3. The van der Waals surface area contributed by atoms with Gasteiger partial charge in [-0.2, -0.15) is 0 Å². The molecule has 0 aromatic carbocycles. The summed E-state index contributed by atoms with van der Waals surface area (Å²) in [6.07, 6.45) is 7.39. The molecule has 8 heteroatoms. The van der Waals surface area contributed by atoms with Gasteiger partial charge in [0.2, 0.25) is 0 Å². The van der Waals surface area contributed by atoms with Crippen molar-refractivity contribution in [2.24, 2.45) is 0 Å². The Bertz CT molecular complexity index is 1070. The van der Waals surface area contributed by atoms with E-state index >= 15 is 0 Å². The van der Waals surface area contributed by atoms with Crippen LogP contribution >= 0.6 is 11.6 Å². The second kappa shape index (κ2) is 9.28. The van der Waals surface area contributed by atoms with Gasteiger partial charge in [0.05, 0.1) is 41.1 Å². The zero-order chi connectivity index (χ0) is 22.7. The van der Waals surface area contributed by atoms with E-state index in [1.54, 1.807) is 35.7 Å². The highest BCUT2D eigenvalue weighted by atomic mass is 35.5. The highest BCUT2D eigenvalue weighted by molar-refractivity contribution is 6.31. The maximum absolute atomic E-state index is 13.4. The number of nitrogens with zero attached hydrogens (tertiary/aromatic N) is 4. The molecule has 0 N–H and O–H groups in total. The zero-order valence-electron chi connectivity index (χ0n) is 18.5. The lowest BCUT2D eigenvalue weighted by molar-refractivity contribution is -0.00795. The van der Waals surface area contributed by atoms with Crippen molar-refractivity contribution in [2.75, 3.05) is 0 Å². The number of hydrogen-bond donors (Lipinski definition) is 0. The van der Waals surface area contributed by atoms with Crippen molar-refractivity contribution < 1.29 is 13.9 Å². The molecule has 2 atom stereocenters. The van der Waals surface area contributed by atoms with E-state index in [9.17, 15) is 4.79 Å². The summed E-state index contributed by atoms with van der Waals surface area (Å²) < 4.78 is 11.2. The van der Waals surface area contributed by atoms with Crippen molar-refractivity contribution in [3.63, 3.8) is 0 Å². The van der Waals surface area contributed by atoms with Crippen molar-refractivity contribution in [2.45, 2.75) is 64.1 Å². The zero-order valence-corrected chi connectivity index (χ0v) is 19.2. The molecular weight excluding hydrogens is 428 g/mol. The molecule has 0 saturated carbocycles. The molecule has 168 valence electrons. The minimum absolute atomic E-state index is 0.258. The van der Waals surface area contributed by atoms with Gasteiger partial charge in [0.15, 0.2) is 5.89 Å². The Balaban J connectivity index is 1.70. The number of likely N-dealkylation sites (tertiary alicyclic amines) is 1. The molecule has 3 aromatic heterocycles. The van der Waals surface area contributed by atoms with Gasteiger partial charge in [0, 0.05) is 11.9 Å². The number of piperidine rings is 1. The van der Waals surface area contributed by atoms with Gasteiger partial charge in [-0.25, -0.2) is 9.78 Å². The SMILES string of the molecule is CC(C)(C)OC(=O)N1[C@@H](c2cccc(Cc3ncco3)n2)CCC[C@H]1c1ncccc1Cl. The van der Waals surface area contributed by atoms with E-state index < -0.39 is 11.7 Å². The minimum Gasteiger partial charge on any atom is -0.449 e. The number of hydrogen-bond acceptors (Lipinski definition) is 6. The summed E-state index contributed by atoms with van der Waals surface area (Å²) in [5.41, 5.74) is 1.68. The molecule has 7 nitrogen and oxygen atoms in total. The summed E-state index contributed by atoms with van der Waals surface area (Å²) in [5.74, 6) is 0.598. The van der Waals surface area contributed by atoms with Gasteiger partial charge in [-0.3, -0.25) is 14.9 Å². The molecule has 1 saturated heterocycles. The first kappa shape index (κ1) is 22.3. The molecule has 3 aromatic rings. The van der Waals surface area contributed by atoms with Crippen LogP contribution < -0.4 is 0 Å². The van der Waals surface area contributed by atoms with Crippen molar-refractivity contribution in [3.8, 4) is 0 Å². The van der Waals surface area contributed by atoms with Crippen LogP contribution in [-0.2, 0) is 11.2 Å². The van der Waals surface area contributed by atoms with Crippen molar-refractivity contribution in [3.05, 3.63) is 77.0 Å². The molecule has 0 spiro atoms. The monoisotopic (exact) mass is 454 g/mol. The van der Waals surface area contributed by atoms with Gasteiger partial charge in [0.25, 0.3) is 0 Å². The van der Waals surface area contributed by atoms with Crippen LogP contribution in [0, 0.1) is 0 Å². The Labute approximate surface area is 192 Å². The number of halogens is 1. The van der Waals surface area contributed by atoms with E-state index in [2.05, 4.69) is 9.97 Å². The highest BCUT2D eigenvalue weighted by Gasteiger charge is 2.40. The van der Waals surface area contributed by atoms with Gasteiger partial charge in [-0.05, 0) is 64.3 Å². The molecule has 0 aliphatic carbocycles. The Kier molecular flexibility index (Phi) is 6.46. The summed E-state index contributed by atoms with van der Waals surface area (Å²) in [6.45, 7) is 5.59. The van der Waals surface area contributed by atoms with E-state index in [-0.39, 0.29) is 12.1 Å². The molecule has 1 fully saturated rings. The maximum atomic E-state index is 13.4. The fourth-order valence-electron chi connectivity index (χ4n) is 4.05. The Morgan fingerprint density at radius 1 is 1.16 bits per heavy atom. The van der Waals surface area contributed by atoms with E-state index in [4.69, 9.17) is 25.7 Å². The molecule has 1 aliphatic rings. The average molecular weight is 455 g/mol. The molecule has 1 amide bonds. The lowest BCUT2D eigenvalue weighted by Gasteiger charge is -2.42. The first-order valence-electron chi connectivity index (χ1n) is 10.8. The van der Waals surface area contributed by atoms with Crippen LogP contribution in [0.3, 0.4) is 0 Å². The third-order valence-corrected chi connectivity index (χ3v) is 5.64. The number of carbonyl (C=O) groups is 1. The smallest absolute Gasteiger partial charge is 0.411 e. The predicted molar refractivity (Wildman–Crippen MR) is 120 cm³/mol. The normalized spacial score (nSPS) is 19.1. The van der Waals surface area contributed by atoms with E-state index in [1.165, 1.54) is 0 Å². The molecule has 4 heterocycles. The molecule has 4 rings (SSSR count). The number of aromatic nitrogens is 3. The second-order valence-electron chi connectivity index (χ2n) is 8.88. The lowest BCUT2D eigenvalue weighted by Crippen LogP contribution is -2.44. The first-order valence-corrected chi connectivity index (χ1v) is 11.2. The van der Waals surface area contributed by atoms with Gasteiger partial charge in [-0.15, -0.1) is 0 Å². The molecule has 32 heavy (non-hydrogen) atoms. The summed E-state index contributed by atoms with van der Waals surface area (Å²) in [4.78, 5) is 28.7. The molecule has 1 aliphatic heterocycles. The summed E-state index contributed by atoms with van der Waals surface area (Å²) in [6, 6.07) is 8.87. The quantitative estimate of drug-likeness (QED) is 0.487. The van der Waals surface area contributed by atoms with Gasteiger partial charge >= 0.3 is 6.09 Å². The summed E-state index contributed by atoms with van der Waals surface area (Å²) in [5, 5.41) is 0.539. The fraction of sp³-hybridized carbons (Fsp3) is 0.417. The Morgan fingerprint density at radius 3 is 2.69 bits per heavy atom. The first-order chi connectivity index (χ1) is 15.3. The maximum Gasteiger partial charge on any atom is 0.411 e. The summed E-state index contributed by atoms with van der Waals surface area (Å²) in [7, 11) is 0. The van der Waals surface area contributed by atoms with Crippen molar-refractivity contribution in [1.29, 1.82) is 0 Å². The third-order valence-electron chi connectivity index (χ3n) is 5.32. The number of carbonyl (C=O) groups excluding carboxylic acids is 1. The topological polar surface area (TPSA) is 81.4 Å². The van der Waals surface area contributed by atoms with Gasteiger partial charge in [-0.1, -0.05) is 17.7 Å². The van der Waals surface area contributed by atoms with Crippen molar-refractivity contribution >= 4 is 17.7 Å². The third kappa shape index (κ3) is 5.10. The number of pyridine rings is 2. The standard InChI is InChI=1S/C24H27ClN4O3/c1-24(2,3)32-23(30)29-19(10-5-11-20(29)22-17(25)8-6-12-27-22)18-9-4-7-16(28-18)15-21-26-13-14-31-21/h4,6-9,12-14,19-20H,5,10-11,15H2,1-3H3/t19-,20+/m1/s1. The number of oxazole rings is 1. The number of ether oxygens (including phenoxy) is 1. The number of amides is 1. The molecule has 0 radical (unpaired) electrons. The Hall–Kier alpha value is -2.93. The summed E-state index contributed by atoms with van der Waals surface area (Å²) >= 11 is 6.48.